The molecule has 2 heterocycles. The van der Waals surface area contributed by atoms with E-state index in [0.29, 0.717) is 20.6 Å². The third-order valence-corrected chi connectivity index (χ3v) is 8.32. The van der Waals surface area contributed by atoms with Crippen LogP contribution in [0.15, 0.2) is 94.5 Å². The van der Waals surface area contributed by atoms with E-state index < -0.39 is 76.2 Å². The van der Waals surface area contributed by atoms with Gasteiger partial charge in [-0.3, -0.25) is 24.0 Å². The molecule has 1 unspecified atom stereocenters. The van der Waals surface area contributed by atoms with E-state index in [-0.39, 0.29) is 50.9 Å². The Balaban J connectivity index is 1.54. The summed E-state index contributed by atoms with van der Waals surface area (Å²) in [5, 5.41) is 9.93. The molecule has 0 aliphatic carbocycles. The van der Waals surface area contributed by atoms with Gasteiger partial charge in [-0.15, -0.1) is 9.46 Å². The third-order valence-electron chi connectivity index (χ3n) is 8.32. The van der Waals surface area contributed by atoms with Crippen molar-refractivity contribution in [3.05, 3.63) is 139 Å². The second-order valence-electron chi connectivity index (χ2n) is 14.0. The summed E-state index contributed by atoms with van der Waals surface area (Å²) >= 11 is 0. The van der Waals surface area contributed by atoms with Crippen LogP contribution in [0.2, 0.25) is 0 Å². The molecule has 20 nitrogen and oxygen atoms in total. The van der Waals surface area contributed by atoms with E-state index >= 15 is 0 Å². The number of pyridine rings is 2. The molecular weight excluding hydrogens is 812 g/mol. The van der Waals surface area contributed by atoms with Gasteiger partial charge in [0.25, 0.3) is 22.9 Å². The molecule has 0 spiro atoms. The smallest absolute Gasteiger partial charge is 0.407 e. The van der Waals surface area contributed by atoms with E-state index in [4.69, 9.17) is 28.6 Å². The lowest BCUT2D eigenvalue weighted by molar-refractivity contribution is -0.123. The highest BCUT2D eigenvalue weighted by Gasteiger charge is 2.28. The molecule has 0 saturated heterocycles. The molecule has 0 radical (unpaired) electrons. The first kappa shape index (κ1) is 47.2. The van der Waals surface area contributed by atoms with Crippen molar-refractivity contribution < 1.29 is 57.4 Å². The fraction of sp³-hybridized carbons (Fsp3) is 0.333. The highest BCUT2D eigenvalue weighted by atomic mass is 16.7. The summed E-state index contributed by atoms with van der Waals surface area (Å²) in [5.74, 6) is -4.81. The zero-order valence-electron chi connectivity index (χ0n) is 34.7. The third kappa shape index (κ3) is 13.8. The molecule has 0 saturated carbocycles. The topological polar surface area (TPSA) is 250 Å². The highest BCUT2D eigenvalue weighted by molar-refractivity contribution is 5.99. The average Bonchev–Trinajstić information content (AvgIpc) is 3.25. The van der Waals surface area contributed by atoms with E-state index in [1.54, 1.807) is 81.4 Å². The van der Waals surface area contributed by atoms with E-state index in [1.165, 1.54) is 0 Å². The maximum atomic E-state index is 13.7. The maximum Gasteiger partial charge on any atom is 0.407 e. The number of amides is 4. The van der Waals surface area contributed by atoms with Crippen molar-refractivity contribution >= 4 is 35.8 Å². The first-order chi connectivity index (χ1) is 29.6. The number of alkyl carbamates (subject to hydrolysis) is 1. The summed E-state index contributed by atoms with van der Waals surface area (Å²) in [6.07, 6.45) is -0.637. The van der Waals surface area contributed by atoms with Crippen LogP contribution in [0, 0.1) is 0 Å². The Bertz CT molecular complexity index is 2320. The summed E-state index contributed by atoms with van der Waals surface area (Å²) in [6.45, 7) is 4.22. The number of nitrogens with one attached hydrogen (secondary N) is 4. The second-order valence-corrected chi connectivity index (χ2v) is 14.0. The molecule has 62 heavy (non-hydrogen) atoms. The van der Waals surface area contributed by atoms with Crippen LogP contribution >= 0.6 is 0 Å². The Morgan fingerprint density at radius 3 is 1.55 bits per heavy atom. The fourth-order valence-corrected chi connectivity index (χ4v) is 5.33. The summed E-state index contributed by atoms with van der Waals surface area (Å²) in [7, 11) is 2.20. The number of hydrogen-bond acceptors (Lipinski definition) is 14. The highest BCUT2D eigenvalue weighted by Crippen LogP contribution is 2.08. The lowest BCUT2D eigenvalue weighted by Gasteiger charge is -2.20. The largest absolute Gasteiger partial charge is 0.464 e. The Kier molecular flexibility index (Phi) is 17.3. The molecular formula is C42H48N6O14. The van der Waals surface area contributed by atoms with Crippen molar-refractivity contribution in [3.8, 4) is 0 Å². The molecule has 1 atom stereocenters. The van der Waals surface area contributed by atoms with Crippen LogP contribution in [0.4, 0.5) is 4.79 Å². The molecule has 20 heteroatoms. The Morgan fingerprint density at radius 2 is 1.08 bits per heavy atom. The molecule has 0 aliphatic heterocycles. The van der Waals surface area contributed by atoms with Gasteiger partial charge in [-0.1, -0.05) is 60.7 Å². The lowest BCUT2D eigenvalue weighted by Crippen LogP contribution is -2.54. The second kappa shape index (κ2) is 22.8. The minimum atomic E-state index is -1.58. The zero-order valence-corrected chi connectivity index (χ0v) is 34.7. The van der Waals surface area contributed by atoms with Crippen molar-refractivity contribution in [1.82, 2.24) is 30.7 Å². The van der Waals surface area contributed by atoms with Gasteiger partial charge in [0.2, 0.25) is 5.91 Å². The van der Waals surface area contributed by atoms with Gasteiger partial charge < -0.3 is 49.9 Å². The number of carbonyl (C=O) groups excluding carboxylic acids is 6. The van der Waals surface area contributed by atoms with Crippen molar-refractivity contribution in [2.75, 3.05) is 47.1 Å². The zero-order chi connectivity index (χ0) is 45.2. The Labute approximate surface area is 355 Å². The Morgan fingerprint density at radius 1 is 0.613 bits per heavy atom. The minimum Gasteiger partial charge on any atom is -0.464 e. The van der Waals surface area contributed by atoms with E-state index in [0.717, 1.165) is 38.5 Å². The van der Waals surface area contributed by atoms with E-state index in [2.05, 4.69) is 21.3 Å². The number of rotatable bonds is 20. The number of methoxy groups -OCH3 is 2. The van der Waals surface area contributed by atoms with Crippen LogP contribution in [0.5, 0.6) is 0 Å². The monoisotopic (exact) mass is 860 g/mol. The molecule has 0 fully saturated rings. The number of aromatic nitrogens is 2. The van der Waals surface area contributed by atoms with Crippen LogP contribution in [0.3, 0.4) is 0 Å². The van der Waals surface area contributed by atoms with Crippen LogP contribution in [0.1, 0.15) is 73.6 Å². The van der Waals surface area contributed by atoms with Crippen LogP contribution in [-0.2, 0) is 37.0 Å². The summed E-state index contributed by atoms with van der Waals surface area (Å²) < 4.78 is 21.4. The standard InChI is InChI=1S/C42H48N6O14/c1-42(2,3)62-41(56)44-21-23-59-22-20-43-36(51)31(46-35(50)30-17-19-33(40(55)58-5)48(38(30)53)61-26-28-14-10-7-11-15-28)24-45-34(49)29-16-18-32(39(54)57-4)47(37(29)52)60-25-27-12-8-6-9-13-27/h6-19,31H,20-26H2,1-5H3,(H,43,51)(H,44,56)(H,45,49)(H,46,50). The predicted molar refractivity (Wildman–Crippen MR) is 219 cm³/mol. The number of ether oxygens (including phenoxy) is 4. The predicted octanol–water partition coefficient (Wildman–Crippen LogP) is 1.03. The Hall–Kier alpha value is -7.48. The molecule has 4 amide bonds. The SMILES string of the molecule is COC(=O)c1ccc(C(=O)NCC(NC(=O)c2ccc(C(=O)OC)n(OCc3ccccc3)c2=O)C(=O)NCCOCCNC(=O)OC(C)(C)C)c(=O)n1OCc1ccccc1. The molecule has 4 aromatic rings. The molecule has 4 rings (SSSR count). The van der Waals surface area contributed by atoms with Gasteiger partial charge in [0.1, 0.15) is 36.0 Å². The van der Waals surface area contributed by atoms with Crippen LogP contribution < -0.4 is 42.1 Å². The van der Waals surface area contributed by atoms with Crippen molar-refractivity contribution in [2.45, 2.75) is 45.6 Å². The van der Waals surface area contributed by atoms with Gasteiger partial charge in [0.15, 0.2) is 11.4 Å². The first-order valence-electron chi connectivity index (χ1n) is 19.1. The number of nitrogens with zero attached hydrogens (tertiary/aromatic N) is 2. The van der Waals surface area contributed by atoms with E-state index in [1.807, 2.05) is 0 Å². The van der Waals surface area contributed by atoms with Crippen LogP contribution in [-0.4, -0.2) is 104 Å². The number of benzene rings is 2. The maximum absolute atomic E-state index is 13.7. The summed E-state index contributed by atoms with van der Waals surface area (Å²) in [4.78, 5) is 116. The van der Waals surface area contributed by atoms with Crippen LogP contribution in [0.25, 0.3) is 0 Å². The van der Waals surface area contributed by atoms with Gasteiger partial charge in [0, 0.05) is 19.6 Å². The normalized spacial score (nSPS) is 11.3. The fourth-order valence-electron chi connectivity index (χ4n) is 5.33. The van der Waals surface area contributed by atoms with Gasteiger partial charge in [-0.2, -0.15) is 0 Å². The van der Waals surface area contributed by atoms with Gasteiger partial charge in [-0.25, -0.2) is 14.4 Å². The van der Waals surface area contributed by atoms with Crippen molar-refractivity contribution in [2.24, 2.45) is 0 Å². The molecule has 2 aromatic heterocycles. The lowest BCUT2D eigenvalue weighted by atomic mass is 10.2. The first-order valence-corrected chi connectivity index (χ1v) is 19.1. The number of esters is 2. The average molecular weight is 861 g/mol. The quantitative estimate of drug-likeness (QED) is 0.0551. The van der Waals surface area contributed by atoms with Gasteiger partial charge in [0.05, 0.1) is 27.4 Å². The van der Waals surface area contributed by atoms with Gasteiger partial charge in [-0.05, 0) is 56.2 Å². The van der Waals surface area contributed by atoms with Gasteiger partial charge >= 0.3 is 18.0 Å². The molecule has 330 valence electrons. The molecule has 4 N–H and O–H groups in total. The molecule has 0 bridgehead atoms. The number of hydrogen-bond donors (Lipinski definition) is 4. The van der Waals surface area contributed by atoms with Crippen molar-refractivity contribution in [1.29, 1.82) is 0 Å². The summed E-state index contributed by atoms with van der Waals surface area (Å²) in [5.41, 5.74) is -3.20. The van der Waals surface area contributed by atoms with Crippen molar-refractivity contribution in [3.63, 3.8) is 0 Å². The minimum absolute atomic E-state index is 0.0394. The van der Waals surface area contributed by atoms with E-state index in [9.17, 15) is 38.4 Å². The molecule has 2 aromatic carbocycles. The summed E-state index contributed by atoms with van der Waals surface area (Å²) in [6, 6.07) is 20.2. The number of carbonyl (C=O) groups is 6. The molecule has 0 aliphatic rings.